The molecule has 1 heterocycles. The highest BCUT2D eigenvalue weighted by Gasteiger charge is 2.19. The molecule has 1 aromatic carbocycles. The Morgan fingerprint density at radius 1 is 1.30 bits per heavy atom. The summed E-state index contributed by atoms with van der Waals surface area (Å²) in [5.41, 5.74) is 4.61. The third-order valence-electron chi connectivity index (χ3n) is 4.35. The van der Waals surface area contributed by atoms with Gasteiger partial charge in [0.2, 0.25) is 0 Å². The molecule has 23 heavy (non-hydrogen) atoms. The predicted octanol–water partition coefficient (Wildman–Crippen LogP) is 2.54. The minimum Gasteiger partial charge on any atom is -0.396 e. The number of nitrogens with zero attached hydrogens (tertiary/aromatic N) is 2. The first kappa shape index (κ1) is 17.2. The summed E-state index contributed by atoms with van der Waals surface area (Å²) in [7, 11) is 0. The number of aliphatic hydroxyl groups is 1. The van der Waals surface area contributed by atoms with Crippen LogP contribution in [0.3, 0.4) is 0 Å². The summed E-state index contributed by atoms with van der Waals surface area (Å²) in [6.45, 7) is 9.79. The molecule has 5 heteroatoms. The smallest absolute Gasteiger partial charge is 0.254 e. The van der Waals surface area contributed by atoms with Gasteiger partial charge in [-0.2, -0.15) is 5.10 Å². The monoisotopic (exact) mass is 315 g/mol. The second-order valence-electron chi connectivity index (χ2n) is 6.27. The Morgan fingerprint density at radius 2 is 2.00 bits per heavy atom. The van der Waals surface area contributed by atoms with E-state index >= 15 is 0 Å². The van der Waals surface area contributed by atoms with Gasteiger partial charge in [0, 0.05) is 12.6 Å². The minimum absolute atomic E-state index is 0.00770. The summed E-state index contributed by atoms with van der Waals surface area (Å²) in [6.07, 6.45) is 1.60. The van der Waals surface area contributed by atoms with E-state index in [1.54, 1.807) is 10.9 Å². The largest absolute Gasteiger partial charge is 0.396 e. The molecule has 2 aromatic rings. The summed E-state index contributed by atoms with van der Waals surface area (Å²) in [6, 6.07) is 6.07. The lowest BCUT2D eigenvalue weighted by atomic mass is 10.0. The van der Waals surface area contributed by atoms with E-state index < -0.39 is 0 Å². The van der Waals surface area contributed by atoms with E-state index in [2.05, 4.69) is 28.6 Å². The summed E-state index contributed by atoms with van der Waals surface area (Å²) < 4.78 is 1.80. The predicted molar refractivity (Wildman–Crippen MR) is 91.0 cm³/mol. The van der Waals surface area contributed by atoms with Crippen LogP contribution in [0.4, 0.5) is 0 Å². The molecular formula is C18H25N3O2. The number of carbonyl (C=O) groups excluding carboxylic acids is 1. The third-order valence-corrected chi connectivity index (χ3v) is 4.35. The van der Waals surface area contributed by atoms with Crippen LogP contribution in [-0.2, 0) is 0 Å². The second kappa shape index (κ2) is 6.96. The van der Waals surface area contributed by atoms with Gasteiger partial charge >= 0.3 is 0 Å². The zero-order valence-corrected chi connectivity index (χ0v) is 14.4. The maximum absolute atomic E-state index is 12.4. The van der Waals surface area contributed by atoms with E-state index in [9.17, 15) is 9.90 Å². The molecule has 2 rings (SSSR count). The fourth-order valence-electron chi connectivity index (χ4n) is 2.41. The van der Waals surface area contributed by atoms with Crippen LogP contribution < -0.4 is 5.32 Å². The standard InChI is InChI=1S/C18H25N3O2/c1-11-6-7-12(2)17(8-11)21-15(5)16(9-19-21)18(23)20-14(4)13(3)10-22/h6-9,13-14,22H,10H2,1-5H3,(H,20,23). The van der Waals surface area contributed by atoms with Crippen LogP contribution in [-0.4, -0.2) is 33.4 Å². The summed E-state index contributed by atoms with van der Waals surface area (Å²) in [5, 5.41) is 16.5. The first-order chi connectivity index (χ1) is 10.8. The van der Waals surface area contributed by atoms with Crippen LogP contribution in [0.25, 0.3) is 5.69 Å². The molecule has 2 unspecified atom stereocenters. The lowest BCUT2D eigenvalue weighted by Gasteiger charge is -2.19. The van der Waals surface area contributed by atoms with Crippen molar-refractivity contribution in [3.63, 3.8) is 0 Å². The van der Waals surface area contributed by atoms with Crippen molar-refractivity contribution in [3.8, 4) is 5.69 Å². The van der Waals surface area contributed by atoms with Crippen LogP contribution in [0.1, 0.15) is 41.0 Å². The highest BCUT2D eigenvalue weighted by molar-refractivity contribution is 5.95. The summed E-state index contributed by atoms with van der Waals surface area (Å²) >= 11 is 0. The number of carbonyl (C=O) groups is 1. The summed E-state index contributed by atoms with van der Waals surface area (Å²) in [4.78, 5) is 12.4. The number of aliphatic hydroxyl groups excluding tert-OH is 1. The molecule has 0 aliphatic heterocycles. The minimum atomic E-state index is -0.160. The SMILES string of the molecule is Cc1ccc(C)c(-n2ncc(C(=O)NC(C)C(C)CO)c2C)c1. The number of hydrogen-bond donors (Lipinski definition) is 2. The average Bonchev–Trinajstić information content (AvgIpc) is 2.90. The van der Waals surface area contributed by atoms with Crippen molar-refractivity contribution in [2.75, 3.05) is 6.61 Å². The molecular weight excluding hydrogens is 290 g/mol. The van der Waals surface area contributed by atoms with E-state index in [1.807, 2.05) is 34.6 Å². The molecule has 0 spiro atoms. The van der Waals surface area contributed by atoms with Gasteiger partial charge in [0.1, 0.15) is 0 Å². The van der Waals surface area contributed by atoms with E-state index in [0.29, 0.717) is 5.56 Å². The number of aromatic nitrogens is 2. The van der Waals surface area contributed by atoms with Crippen molar-refractivity contribution in [1.29, 1.82) is 0 Å². The Kier molecular flexibility index (Phi) is 5.21. The molecule has 0 fully saturated rings. The Labute approximate surface area is 137 Å². The van der Waals surface area contributed by atoms with Crippen LogP contribution in [0.5, 0.6) is 0 Å². The number of hydrogen-bond acceptors (Lipinski definition) is 3. The van der Waals surface area contributed by atoms with E-state index in [-0.39, 0.29) is 24.5 Å². The zero-order valence-electron chi connectivity index (χ0n) is 14.4. The Bertz CT molecular complexity index is 706. The maximum Gasteiger partial charge on any atom is 0.254 e. The normalized spacial score (nSPS) is 13.7. The van der Waals surface area contributed by atoms with Crippen molar-refractivity contribution in [2.45, 2.75) is 40.7 Å². The lowest BCUT2D eigenvalue weighted by molar-refractivity contribution is 0.0915. The molecule has 0 saturated heterocycles. The Balaban J connectivity index is 2.29. The fourth-order valence-corrected chi connectivity index (χ4v) is 2.41. The Hall–Kier alpha value is -2.14. The quantitative estimate of drug-likeness (QED) is 0.891. The van der Waals surface area contributed by atoms with Crippen molar-refractivity contribution in [2.24, 2.45) is 5.92 Å². The van der Waals surface area contributed by atoms with Gasteiger partial charge in [0.25, 0.3) is 5.91 Å². The highest BCUT2D eigenvalue weighted by atomic mass is 16.3. The number of aryl methyl sites for hydroxylation is 2. The molecule has 2 N–H and O–H groups in total. The molecule has 0 bridgehead atoms. The lowest BCUT2D eigenvalue weighted by Crippen LogP contribution is -2.38. The molecule has 0 radical (unpaired) electrons. The van der Waals surface area contributed by atoms with Crippen LogP contribution >= 0.6 is 0 Å². The van der Waals surface area contributed by atoms with Gasteiger partial charge in [-0.15, -0.1) is 0 Å². The van der Waals surface area contributed by atoms with Crippen molar-refractivity contribution < 1.29 is 9.90 Å². The molecule has 1 amide bonds. The van der Waals surface area contributed by atoms with Crippen molar-refractivity contribution >= 4 is 5.91 Å². The molecule has 0 aliphatic carbocycles. The van der Waals surface area contributed by atoms with Gasteiger partial charge < -0.3 is 10.4 Å². The van der Waals surface area contributed by atoms with E-state index in [1.165, 1.54) is 0 Å². The zero-order chi connectivity index (χ0) is 17.1. The van der Waals surface area contributed by atoms with Gasteiger partial charge in [0.15, 0.2) is 0 Å². The van der Waals surface area contributed by atoms with Crippen LogP contribution in [0, 0.1) is 26.7 Å². The number of benzene rings is 1. The molecule has 124 valence electrons. The Morgan fingerprint density at radius 3 is 2.65 bits per heavy atom. The fraction of sp³-hybridized carbons (Fsp3) is 0.444. The first-order valence-electron chi connectivity index (χ1n) is 7.89. The number of nitrogens with one attached hydrogen (secondary N) is 1. The highest BCUT2D eigenvalue weighted by Crippen LogP contribution is 2.19. The van der Waals surface area contributed by atoms with Gasteiger partial charge in [-0.25, -0.2) is 4.68 Å². The van der Waals surface area contributed by atoms with Gasteiger partial charge in [-0.05, 0) is 50.8 Å². The van der Waals surface area contributed by atoms with Crippen LogP contribution in [0.2, 0.25) is 0 Å². The molecule has 0 aliphatic rings. The number of rotatable bonds is 5. The molecule has 2 atom stereocenters. The van der Waals surface area contributed by atoms with Gasteiger partial charge in [-0.1, -0.05) is 19.1 Å². The van der Waals surface area contributed by atoms with Crippen molar-refractivity contribution in [1.82, 2.24) is 15.1 Å². The molecule has 1 aromatic heterocycles. The second-order valence-corrected chi connectivity index (χ2v) is 6.27. The van der Waals surface area contributed by atoms with Gasteiger partial charge in [0.05, 0.1) is 23.1 Å². The average molecular weight is 315 g/mol. The topological polar surface area (TPSA) is 67.2 Å². The van der Waals surface area contributed by atoms with Gasteiger partial charge in [-0.3, -0.25) is 4.79 Å². The number of amides is 1. The van der Waals surface area contributed by atoms with E-state index in [4.69, 9.17) is 0 Å². The van der Waals surface area contributed by atoms with Crippen molar-refractivity contribution in [3.05, 3.63) is 46.8 Å². The third kappa shape index (κ3) is 3.62. The maximum atomic E-state index is 12.4. The molecule has 0 saturated carbocycles. The summed E-state index contributed by atoms with van der Waals surface area (Å²) in [5.74, 6) is -0.153. The van der Waals surface area contributed by atoms with E-state index in [0.717, 1.165) is 22.5 Å². The van der Waals surface area contributed by atoms with Crippen LogP contribution in [0.15, 0.2) is 24.4 Å². The first-order valence-corrected chi connectivity index (χ1v) is 7.89. The molecule has 5 nitrogen and oxygen atoms in total.